The Morgan fingerprint density at radius 2 is 1.86 bits per heavy atom. The van der Waals surface area contributed by atoms with Crippen molar-refractivity contribution in [2.24, 2.45) is 5.92 Å². The highest BCUT2D eigenvalue weighted by Gasteiger charge is 2.28. The largest absolute Gasteiger partial charge is 0.355 e. The number of nitrogens with one attached hydrogen (secondary N) is 2. The van der Waals surface area contributed by atoms with Crippen LogP contribution in [0, 0.1) is 5.92 Å². The van der Waals surface area contributed by atoms with E-state index in [1.165, 1.54) is 55.2 Å². The van der Waals surface area contributed by atoms with E-state index in [9.17, 15) is 9.59 Å². The van der Waals surface area contributed by atoms with Gasteiger partial charge in [0.15, 0.2) is 0 Å². The molecular formula is C21H26N4O2S2. The Bertz CT molecular complexity index is 860. The van der Waals surface area contributed by atoms with Crippen molar-refractivity contribution in [3.8, 4) is 0 Å². The predicted molar refractivity (Wildman–Crippen MR) is 117 cm³/mol. The fourth-order valence-corrected chi connectivity index (χ4v) is 5.36. The molecule has 8 heteroatoms. The number of amides is 2. The molecule has 2 fully saturated rings. The van der Waals surface area contributed by atoms with Crippen molar-refractivity contribution in [3.05, 3.63) is 34.8 Å². The number of anilines is 1. The van der Waals surface area contributed by atoms with Gasteiger partial charge in [-0.1, -0.05) is 42.7 Å². The number of carbonyl (C=O) groups excluding carboxylic acids is 2. The topological polar surface area (TPSA) is 84.0 Å². The summed E-state index contributed by atoms with van der Waals surface area (Å²) in [6.45, 7) is 0.766. The van der Waals surface area contributed by atoms with Gasteiger partial charge >= 0.3 is 0 Å². The maximum atomic E-state index is 12.7. The van der Waals surface area contributed by atoms with Gasteiger partial charge in [-0.05, 0) is 43.7 Å². The fraction of sp³-hybridized carbons (Fsp3) is 0.524. The standard InChI is InChI=1S/C21H26N4O2S2/c26-18(22-12-14-6-2-1-3-7-14)13-28-17-9-5-4-8-16(17)19(27)23-21-25-24-20(29-21)15-10-11-15/h4-5,8-9,14-15H,1-3,6-7,10-13H2,(H,22,26)(H,23,25,27). The molecule has 2 amide bonds. The Hall–Kier alpha value is -1.93. The SMILES string of the molecule is O=C(CSc1ccccc1C(=O)Nc1nnc(C2CC2)s1)NCC1CCCCC1. The molecule has 0 saturated heterocycles. The summed E-state index contributed by atoms with van der Waals surface area (Å²) in [6.07, 6.45) is 8.60. The molecule has 0 unspecified atom stereocenters. The van der Waals surface area contributed by atoms with E-state index in [2.05, 4.69) is 20.8 Å². The van der Waals surface area contributed by atoms with E-state index in [-0.39, 0.29) is 11.8 Å². The minimum atomic E-state index is -0.214. The van der Waals surface area contributed by atoms with E-state index in [4.69, 9.17) is 0 Å². The first kappa shape index (κ1) is 20.3. The maximum absolute atomic E-state index is 12.7. The van der Waals surface area contributed by atoms with Gasteiger partial charge in [0.25, 0.3) is 5.91 Å². The second-order valence-electron chi connectivity index (χ2n) is 7.77. The molecule has 1 aromatic heterocycles. The molecule has 2 N–H and O–H groups in total. The van der Waals surface area contributed by atoms with Crippen molar-refractivity contribution < 1.29 is 9.59 Å². The lowest BCUT2D eigenvalue weighted by Gasteiger charge is -2.21. The van der Waals surface area contributed by atoms with Crippen LogP contribution in [0.2, 0.25) is 0 Å². The van der Waals surface area contributed by atoms with Crippen LogP contribution in [-0.4, -0.2) is 34.3 Å². The van der Waals surface area contributed by atoms with E-state index in [1.54, 1.807) is 6.07 Å². The Kier molecular flexibility index (Phi) is 6.82. The third-order valence-electron chi connectivity index (χ3n) is 5.39. The van der Waals surface area contributed by atoms with E-state index in [0.29, 0.717) is 28.3 Å². The van der Waals surface area contributed by atoms with Crippen LogP contribution in [0.25, 0.3) is 0 Å². The molecule has 0 radical (unpaired) electrons. The van der Waals surface area contributed by atoms with Gasteiger partial charge in [0, 0.05) is 17.4 Å². The second kappa shape index (κ2) is 9.71. The van der Waals surface area contributed by atoms with Crippen molar-refractivity contribution in [1.29, 1.82) is 0 Å². The average molecular weight is 431 g/mol. The summed E-state index contributed by atoms with van der Waals surface area (Å²) in [6, 6.07) is 7.37. The van der Waals surface area contributed by atoms with Crippen molar-refractivity contribution in [3.63, 3.8) is 0 Å². The molecule has 0 spiro atoms. The van der Waals surface area contributed by atoms with E-state index < -0.39 is 0 Å². The molecule has 6 nitrogen and oxygen atoms in total. The minimum absolute atomic E-state index is 0.0222. The average Bonchev–Trinajstić information content (AvgIpc) is 3.51. The Morgan fingerprint density at radius 1 is 1.07 bits per heavy atom. The molecule has 1 aromatic carbocycles. The number of hydrogen-bond acceptors (Lipinski definition) is 6. The molecule has 0 aliphatic heterocycles. The minimum Gasteiger partial charge on any atom is -0.355 e. The summed E-state index contributed by atoms with van der Waals surface area (Å²) in [5, 5.41) is 15.7. The van der Waals surface area contributed by atoms with Crippen molar-refractivity contribution >= 4 is 40.0 Å². The lowest BCUT2D eigenvalue weighted by atomic mass is 9.89. The Balaban J connectivity index is 1.29. The van der Waals surface area contributed by atoms with Crippen molar-refractivity contribution in [1.82, 2.24) is 15.5 Å². The number of rotatable bonds is 8. The van der Waals surface area contributed by atoms with Crippen LogP contribution in [0.3, 0.4) is 0 Å². The van der Waals surface area contributed by atoms with Crippen molar-refractivity contribution in [2.45, 2.75) is 55.8 Å². The first-order valence-corrected chi connectivity index (χ1v) is 12.1. The summed E-state index contributed by atoms with van der Waals surface area (Å²) in [5.74, 6) is 1.25. The van der Waals surface area contributed by atoms with Crippen molar-refractivity contribution in [2.75, 3.05) is 17.6 Å². The van der Waals surface area contributed by atoms with Crippen LogP contribution in [-0.2, 0) is 4.79 Å². The third-order valence-corrected chi connectivity index (χ3v) is 7.47. The van der Waals surface area contributed by atoms with E-state index in [1.807, 2.05) is 18.2 Å². The Morgan fingerprint density at radius 3 is 2.66 bits per heavy atom. The molecule has 4 rings (SSSR count). The monoisotopic (exact) mass is 430 g/mol. The van der Waals surface area contributed by atoms with Gasteiger partial charge in [-0.25, -0.2) is 0 Å². The highest BCUT2D eigenvalue weighted by molar-refractivity contribution is 8.00. The number of thioether (sulfide) groups is 1. The first-order valence-electron chi connectivity index (χ1n) is 10.3. The molecule has 2 aliphatic carbocycles. The molecule has 0 bridgehead atoms. The van der Waals surface area contributed by atoms with E-state index in [0.717, 1.165) is 29.3 Å². The Labute approximate surface area is 179 Å². The molecule has 2 aliphatic rings. The van der Waals surface area contributed by atoms with Crippen LogP contribution < -0.4 is 10.6 Å². The molecule has 2 saturated carbocycles. The van der Waals surface area contributed by atoms with Gasteiger partial charge in [0.1, 0.15) is 5.01 Å². The smallest absolute Gasteiger partial charge is 0.258 e. The molecule has 29 heavy (non-hydrogen) atoms. The molecule has 0 atom stereocenters. The zero-order valence-corrected chi connectivity index (χ0v) is 18.0. The van der Waals surface area contributed by atoms with Gasteiger partial charge in [-0.15, -0.1) is 22.0 Å². The van der Waals surface area contributed by atoms with Crippen LogP contribution in [0.15, 0.2) is 29.2 Å². The zero-order valence-electron chi connectivity index (χ0n) is 16.4. The quantitative estimate of drug-likeness (QED) is 0.604. The van der Waals surface area contributed by atoms with Crippen LogP contribution in [0.4, 0.5) is 5.13 Å². The zero-order chi connectivity index (χ0) is 20.1. The third kappa shape index (κ3) is 5.79. The van der Waals surface area contributed by atoms with Crippen LogP contribution in [0.5, 0.6) is 0 Å². The summed E-state index contributed by atoms with van der Waals surface area (Å²) in [4.78, 5) is 25.8. The lowest BCUT2D eigenvalue weighted by Crippen LogP contribution is -2.31. The maximum Gasteiger partial charge on any atom is 0.258 e. The van der Waals surface area contributed by atoms with Gasteiger partial charge < -0.3 is 5.32 Å². The number of carbonyl (C=O) groups is 2. The normalized spacial score (nSPS) is 17.1. The number of benzene rings is 1. The predicted octanol–water partition coefficient (Wildman–Crippen LogP) is 4.46. The second-order valence-corrected chi connectivity index (χ2v) is 9.79. The highest BCUT2D eigenvalue weighted by Crippen LogP contribution is 2.42. The summed E-state index contributed by atoms with van der Waals surface area (Å²) in [7, 11) is 0. The number of hydrogen-bond donors (Lipinski definition) is 2. The molecule has 2 aromatic rings. The van der Waals surface area contributed by atoms with E-state index >= 15 is 0 Å². The fourth-order valence-electron chi connectivity index (χ4n) is 3.57. The number of aromatic nitrogens is 2. The molecule has 1 heterocycles. The highest BCUT2D eigenvalue weighted by atomic mass is 32.2. The summed E-state index contributed by atoms with van der Waals surface area (Å²) >= 11 is 2.84. The molecule has 154 valence electrons. The van der Waals surface area contributed by atoms with Crippen LogP contribution >= 0.6 is 23.1 Å². The van der Waals surface area contributed by atoms with Gasteiger partial charge in [0.05, 0.1) is 11.3 Å². The molecular weight excluding hydrogens is 404 g/mol. The number of nitrogens with zero attached hydrogens (tertiary/aromatic N) is 2. The first-order chi connectivity index (χ1) is 14.2. The lowest BCUT2D eigenvalue weighted by molar-refractivity contribution is -0.118. The van der Waals surface area contributed by atoms with Gasteiger partial charge in [-0.3, -0.25) is 14.9 Å². The van der Waals surface area contributed by atoms with Gasteiger partial charge in [0.2, 0.25) is 11.0 Å². The van der Waals surface area contributed by atoms with Crippen LogP contribution in [0.1, 0.15) is 66.2 Å². The summed E-state index contributed by atoms with van der Waals surface area (Å²) in [5.41, 5.74) is 0.556. The summed E-state index contributed by atoms with van der Waals surface area (Å²) < 4.78 is 0. The van der Waals surface area contributed by atoms with Gasteiger partial charge in [-0.2, -0.15) is 0 Å².